The number of amides is 2. The summed E-state index contributed by atoms with van der Waals surface area (Å²) in [5.74, 6) is -0.905. The summed E-state index contributed by atoms with van der Waals surface area (Å²) in [6.45, 7) is 1.64. The van der Waals surface area contributed by atoms with Crippen molar-refractivity contribution in [1.29, 1.82) is 0 Å². The number of hydrogen-bond acceptors (Lipinski definition) is 3. The van der Waals surface area contributed by atoms with E-state index in [1.54, 1.807) is 0 Å². The Hall–Kier alpha value is -1.30. The first kappa shape index (κ1) is 16.1. The van der Waals surface area contributed by atoms with E-state index in [9.17, 15) is 14.7 Å². The number of aliphatic carboxylic acids is 1. The van der Waals surface area contributed by atoms with Crippen LogP contribution in [0.2, 0.25) is 0 Å². The highest BCUT2D eigenvalue weighted by atomic mass is 16.4. The fourth-order valence-corrected chi connectivity index (χ4v) is 3.43. The molecule has 2 rings (SSSR count). The molecule has 0 spiro atoms. The van der Waals surface area contributed by atoms with E-state index >= 15 is 0 Å². The Labute approximate surface area is 126 Å². The van der Waals surface area contributed by atoms with E-state index < -0.39 is 11.5 Å². The molecule has 0 aromatic rings. The van der Waals surface area contributed by atoms with Gasteiger partial charge in [-0.1, -0.05) is 25.7 Å². The normalized spacial score (nSPS) is 26.0. The number of carbonyl (C=O) groups is 2. The van der Waals surface area contributed by atoms with Crippen LogP contribution in [0.1, 0.15) is 51.4 Å². The van der Waals surface area contributed by atoms with Gasteiger partial charge in [-0.2, -0.15) is 0 Å². The summed E-state index contributed by atoms with van der Waals surface area (Å²) >= 11 is 0. The number of hydrogen-bond donors (Lipinski definition) is 3. The van der Waals surface area contributed by atoms with Crippen molar-refractivity contribution in [2.45, 2.75) is 62.9 Å². The topological polar surface area (TPSA) is 81.7 Å². The maximum absolute atomic E-state index is 12.1. The number of nitrogens with zero attached hydrogens (tertiary/aromatic N) is 1. The molecule has 1 saturated heterocycles. The molecule has 1 saturated carbocycles. The van der Waals surface area contributed by atoms with Crippen LogP contribution in [0.4, 0.5) is 4.79 Å². The fourth-order valence-electron chi connectivity index (χ4n) is 3.43. The zero-order valence-electron chi connectivity index (χ0n) is 12.9. The van der Waals surface area contributed by atoms with Crippen LogP contribution in [-0.2, 0) is 4.79 Å². The molecular formula is C15H27N3O3. The van der Waals surface area contributed by atoms with Crippen LogP contribution in [-0.4, -0.2) is 53.7 Å². The van der Waals surface area contributed by atoms with Crippen LogP contribution >= 0.6 is 0 Å². The molecule has 1 aliphatic carbocycles. The van der Waals surface area contributed by atoms with Crippen molar-refractivity contribution in [3.05, 3.63) is 0 Å². The SMILES string of the molecule is CN1CCCC1CNC(=O)NC1(C(=O)O)CCCCCC1. The lowest BCUT2D eigenvalue weighted by Gasteiger charge is -2.30. The van der Waals surface area contributed by atoms with Gasteiger partial charge in [0.2, 0.25) is 0 Å². The van der Waals surface area contributed by atoms with Crippen LogP contribution in [0.15, 0.2) is 0 Å². The van der Waals surface area contributed by atoms with Gasteiger partial charge in [-0.05, 0) is 39.3 Å². The summed E-state index contributed by atoms with van der Waals surface area (Å²) < 4.78 is 0. The maximum Gasteiger partial charge on any atom is 0.329 e. The molecule has 1 heterocycles. The number of carboxylic acids is 1. The Bertz CT molecular complexity index is 378. The summed E-state index contributed by atoms with van der Waals surface area (Å²) in [7, 11) is 2.06. The summed E-state index contributed by atoms with van der Waals surface area (Å²) in [6, 6.07) is 0.0188. The molecule has 2 aliphatic rings. The van der Waals surface area contributed by atoms with E-state index in [-0.39, 0.29) is 6.03 Å². The predicted molar refractivity (Wildman–Crippen MR) is 80.3 cm³/mol. The smallest absolute Gasteiger partial charge is 0.329 e. The van der Waals surface area contributed by atoms with E-state index in [4.69, 9.17) is 0 Å². The third-order valence-corrected chi connectivity index (χ3v) is 4.89. The number of urea groups is 1. The van der Waals surface area contributed by atoms with Crippen LogP contribution in [0.3, 0.4) is 0 Å². The second-order valence-electron chi connectivity index (χ2n) is 6.41. The van der Waals surface area contributed by atoms with E-state index in [0.29, 0.717) is 25.4 Å². The minimum absolute atomic E-state index is 0.348. The molecule has 0 aromatic carbocycles. The summed E-state index contributed by atoms with van der Waals surface area (Å²) in [6.07, 6.45) is 7.11. The zero-order chi connectivity index (χ0) is 15.3. The molecule has 1 aliphatic heterocycles. The molecule has 2 amide bonds. The number of rotatable bonds is 4. The van der Waals surface area contributed by atoms with E-state index in [0.717, 1.165) is 45.1 Å². The monoisotopic (exact) mass is 297 g/mol. The number of likely N-dealkylation sites (tertiary alicyclic amines) is 1. The van der Waals surface area contributed by atoms with Crippen LogP contribution in [0.5, 0.6) is 0 Å². The van der Waals surface area contributed by atoms with Gasteiger partial charge in [-0.15, -0.1) is 0 Å². The van der Waals surface area contributed by atoms with Crippen molar-refractivity contribution in [3.8, 4) is 0 Å². The predicted octanol–water partition coefficient (Wildman–Crippen LogP) is 1.56. The minimum atomic E-state index is -1.08. The van der Waals surface area contributed by atoms with Gasteiger partial charge in [0.1, 0.15) is 5.54 Å². The Kier molecular flexibility index (Phi) is 5.45. The number of nitrogens with one attached hydrogen (secondary N) is 2. The average molecular weight is 297 g/mol. The molecule has 2 fully saturated rings. The summed E-state index contributed by atoms with van der Waals surface area (Å²) in [4.78, 5) is 26.0. The first-order chi connectivity index (χ1) is 10.0. The van der Waals surface area contributed by atoms with E-state index in [1.165, 1.54) is 0 Å². The Morgan fingerprint density at radius 1 is 1.19 bits per heavy atom. The van der Waals surface area contributed by atoms with Gasteiger partial charge in [0.15, 0.2) is 0 Å². The van der Waals surface area contributed by atoms with Crippen LogP contribution < -0.4 is 10.6 Å². The quantitative estimate of drug-likeness (QED) is 0.688. The van der Waals surface area contributed by atoms with Gasteiger partial charge in [0.05, 0.1) is 0 Å². The first-order valence-electron chi connectivity index (χ1n) is 8.03. The Balaban J connectivity index is 1.87. The van der Waals surface area contributed by atoms with Gasteiger partial charge in [0, 0.05) is 12.6 Å². The van der Waals surface area contributed by atoms with Crippen molar-refractivity contribution < 1.29 is 14.7 Å². The molecule has 1 atom stereocenters. The molecule has 6 nitrogen and oxygen atoms in total. The largest absolute Gasteiger partial charge is 0.480 e. The summed E-state index contributed by atoms with van der Waals surface area (Å²) in [5.41, 5.74) is -1.08. The average Bonchev–Trinajstić information content (AvgIpc) is 2.70. The lowest BCUT2D eigenvalue weighted by molar-refractivity contribution is -0.145. The molecule has 6 heteroatoms. The number of carbonyl (C=O) groups excluding carboxylic acids is 1. The van der Waals surface area contributed by atoms with Gasteiger partial charge in [0.25, 0.3) is 0 Å². The highest BCUT2D eigenvalue weighted by Gasteiger charge is 2.40. The van der Waals surface area contributed by atoms with Gasteiger partial charge in [-0.25, -0.2) is 9.59 Å². The first-order valence-corrected chi connectivity index (χ1v) is 8.03. The van der Waals surface area contributed by atoms with Crippen molar-refractivity contribution in [3.63, 3.8) is 0 Å². The van der Waals surface area contributed by atoms with Crippen molar-refractivity contribution in [2.75, 3.05) is 20.1 Å². The third-order valence-electron chi connectivity index (χ3n) is 4.89. The standard InChI is InChI=1S/C15H27N3O3/c1-18-10-6-7-12(18)11-16-14(21)17-15(13(19)20)8-4-2-3-5-9-15/h12H,2-11H2,1H3,(H,19,20)(H2,16,17,21). The van der Waals surface area contributed by atoms with Gasteiger partial charge >= 0.3 is 12.0 Å². The maximum atomic E-state index is 12.1. The lowest BCUT2D eigenvalue weighted by Crippen LogP contribution is -2.57. The number of likely N-dealkylation sites (N-methyl/N-ethyl adjacent to an activating group) is 1. The highest BCUT2D eigenvalue weighted by Crippen LogP contribution is 2.27. The second-order valence-corrected chi connectivity index (χ2v) is 6.41. The molecule has 0 bridgehead atoms. The molecule has 120 valence electrons. The molecule has 0 aromatic heterocycles. The van der Waals surface area contributed by atoms with Crippen LogP contribution in [0.25, 0.3) is 0 Å². The zero-order valence-corrected chi connectivity index (χ0v) is 12.9. The highest BCUT2D eigenvalue weighted by molar-refractivity contribution is 5.86. The van der Waals surface area contributed by atoms with Crippen molar-refractivity contribution in [2.24, 2.45) is 0 Å². The van der Waals surface area contributed by atoms with E-state index in [2.05, 4.69) is 22.6 Å². The fraction of sp³-hybridized carbons (Fsp3) is 0.867. The molecule has 21 heavy (non-hydrogen) atoms. The summed E-state index contributed by atoms with van der Waals surface area (Å²) in [5, 5.41) is 15.1. The lowest BCUT2D eigenvalue weighted by atomic mass is 9.90. The molecule has 3 N–H and O–H groups in total. The van der Waals surface area contributed by atoms with Crippen LogP contribution in [0, 0.1) is 0 Å². The molecular weight excluding hydrogens is 270 g/mol. The third kappa shape index (κ3) is 4.09. The Morgan fingerprint density at radius 3 is 2.38 bits per heavy atom. The Morgan fingerprint density at radius 2 is 1.86 bits per heavy atom. The van der Waals surface area contributed by atoms with Crippen molar-refractivity contribution in [1.82, 2.24) is 15.5 Å². The van der Waals surface area contributed by atoms with Crippen molar-refractivity contribution >= 4 is 12.0 Å². The van der Waals surface area contributed by atoms with E-state index in [1.807, 2.05) is 0 Å². The van der Waals surface area contributed by atoms with Gasteiger partial charge in [-0.3, -0.25) is 0 Å². The minimum Gasteiger partial charge on any atom is -0.480 e. The number of carboxylic acid groups (broad SMARTS) is 1. The molecule has 0 radical (unpaired) electrons. The second kappa shape index (κ2) is 7.11. The van der Waals surface area contributed by atoms with Gasteiger partial charge < -0.3 is 20.6 Å². The molecule has 1 unspecified atom stereocenters.